The van der Waals surface area contributed by atoms with Crippen molar-refractivity contribution in [2.45, 2.75) is 12.5 Å². The highest BCUT2D eigenvalue weighted by atomic mass is 19.1. The summed E-state index contributed by atoms with van der Waals surface area (Å²) in [6.45, 7) is 5.78. The van der Waals surface area contributed by atoms with Gasteiger partial charge in [0, 0.05) is 225 Å². The van der Waals surface area contributed by atoms with Crippen LogP contribution in [0.5, 0.6) is 0 Å². The summed E-state index contributed by atoms with van der Waals surface area (Å²) in [5.41, 5.74) is 26.9. The molecule has 23 nitrogen and oxygen atoms in total. The van der Waals surface area contributed by atoms with E-state index in [0.717, 1.165) is 169 Å². The number of likely N-dealkylation sites (tertiary alicyclic amines) is 1. The monoisotopic (exact) mass is 1670 g/mol. The van der Waals surface area contributed by atoms with Crippen molar-refractivity contribution in [2.24, 2.45) is 0 Å². The minimum atomic E-state index is -0.565. The first kappa shape index (κ1) is 79.6. The van der Waals surface area contributed by atoms with E-state index in [0.29, 0.717) is 85.2 Å². The number of fused-ring (bicyclic) bond motifs is 6. The molecular weight excluding hydrogens is 1590 g/mol. The van der Waals surface area contributed by atoms with E-state index in [1.54, 1.807) is 141 Å². The highest BCUT2D eigenvalue weighted by Crippen LogP contribution is 2.42. The van der Waals surface area contributed by atoms with Crippen molar-refractivity contribution in [3.63, 3.8) is 0 Å². The average molecular weight is 1670 g/mol. The molecule has 22 rings (SSSR count). The summed E-state index contributed by atoms with van der Waals surface area (Å²) >= 11 is 0. The molecule has 0 aliphatic carbocycles. The largest absolute Gasteiger partial charge is 0.383 e. The Kier molecular flexibility index (Phi) is 22.2. The van der Waals surface area contributed by atoms with Gasteiger partial charge in [-0.2, -0.15) is 5.10 Å². The molecule has 0 bridgehead atoms. The topological polar surface area (TPSA) is 295 Å². The molecule has 0 radical (unpaired) electrons. The molecule has 614 valence electrons. The minimum Gasteiger partial charge on any atom is -0.383 e. The van der Waals surface area contributed by atoms with Gasteiger partial charge in [0.2, 0.25) is 0 Å². The van der Waals surface area contributed by atoms with Gasteiger partial charge < -0.3 is 26.6 Å². The van der Waals surface area contributed by atoms with E-state index in [9.17, 15) is 22.0 Å². The van der Waals surface area contributed by atoms with Gasteiger partial charge in [0.05, 0.1) is 35.0 Å². The number of likely N-dealkylation sites (N-methyl/N-ethyl adjacent to an activating group) is 1. The van der Waals surface area contributed by atoms with Crippen LogP contribution in [0.1, 0.15) is 12.5 Å². The predicted octanol–water partition coefficient (Wildman–Crippen LogP) is 19.0. The maximum absolute atomic E-state index is 14.6. The molecule has 5 N–H and O–H groups in total. The van der Waals surface area contributed by atoms with Gasteiger partial charge in [-0.15, -0.1) is 0 Å². The lowest BCUT2D eigenvalue weighted by Crippen LogP contribution is -2.43. The SMILES string of the molecule is CN1CC[C@H](n2cc(-c3cncc(-c4cc(-c5ccccc5F)nc5ncccc45)c3)cn2)C1.Fc1ccccc1-c1cc(-c2cncc(-c3nccc(N4CCNCC4)n3)c2)c2cccnc2n1.Nc1ncc(-c2cc(-c3cc(F)ccc3F)nc3ncccc23)c2ccncc12.Nc1ncc(-c2cc(-c3ccccc3F)nc3ncccc23)c2ccncc12. The third-order valence-electron chi connectivity index (χ3n) is 22.1. The van der Waals surface area contributed by atoms with Crippen molar-refractivity contribution in [3.8, 4) is 112 Å². The van der Waals surface area contributed by atoms with Crippen LogP contribution in [0.2, 0.25) is 0 Å². The van der Waals surface area contributed by atoms with Crippen LogP contribution in [0.15, 0.2) is 299 Å². The molecule has 2 aliphatic rings. The molecule has 2 fully saturated rings. The number of hydrogen-bond donors (Lipinski definition) is 3. The number of pyridine rings is 14. The summed E-state index contributed by atoms with van der Waals surface area (Å²) < 4.78 is 73.8. The molecule has 0 amide bonds. The van der Waals surface area contributed by atoms with Gasteiger partial charge in [0.15, 0.2) is 28.4 Å². The zero-order valence-corrected chi connectivity index (χ0v) is 67.3. The van der Waals surface area contributed by atoms with E-state index in [4.69, 9.17) is 16.5 Å². The Morgan fingerprint density at radius 2 is 0.786 bits per heavy atom. The first-order chi connectivity index (χ1) is 61.7. The van der Waals surface area contributed by atoms with E-state index in [1.165, 1.54) is 18.2 Å². The van der Waals surface area contributed by atoms with Crippen molar-refractivity contribution in [1.82, 2.24) is 99.7 Å². The number of hydrogen-bond acceptors (Lipinski definition) is 22. The maximum atomic E-state index is 14.6. The Hall–Kier alpha value is -16.2. The van der Waals surface area contributed by atoms with Crippen molar-refractivity contribution >= 4 is 83.1 Å². The van der Waals surface area contributed by atoms with Crippen LogP contribution in [-0.2, 0) is 0 Å². The van der Waals surface area contributed by atoms with Crippen molar-refractivity contribution < 1.29 is 22.0 Å². The summed E-state index contributed by atoms with van der Waals surface area (Å²) in [6, 6.07) is 55.9. The summed E-state index contributed by atoms with van der Waals surface area (Å²) in [4.78, 5) is 75.7. The lowest BCUT2D eigenvalue weighted by Gasteiger charge is -2.28. The Balaban J connectivity index is 0.000000110. The Morgan fingerprint density at radius 1 is 0.333 bits per heavy atom. The van der Waals surface area contributed by atoms with Crippen LogP contribution < -0.4 is 21.7 Å². The highest BCUT2D eigenvalue weighted by molar-refractivity contribution is 6.09. The molecule has 20 aromatic rings. The Bertz CT molecular complexity index is 7520. The highest BCUT2D eigenvalue weighted by Gasteiger charge is 2.25. The van der Waals surface area contributed by atoms with Crippen LogP contribution >= 0.6 is 0 Å². The maximum Gasteiger partial charge on any atom is 0.163 e. The number of nitrogen functional groups attached to an aromatic ring is 2. The van der Waals surface area contributed by atoms with Gasteiger partial charge in [-0.05, 0) is 211 Å². The standard InChI is InChI=1S/C27H22FN7.C27H23FN6.C22H13F2N5.C22H14FN5/c28-23-6-2-1-4-21(23)24-15-22(20-5-3-8-31-27(20)33-24)18-14-19(17-30-16-18)26-32-9-7-25(34-26)35-12-10-29-11-13-35;1-33-10-8-21(17-33)34-16-20(15-31-34)18-11-19(14-29-13-18)24-12-26(23-5-2-3-7-25(23)28)32-27-22(24)6-4-9-30-27;23-12-3-4-19(24)16(8-12)20-9-15(14-2-1-6-27-22(14)29-20)17-11-28-21(25)18-10-26-7-5-13(17)18;23-19-6-2-1-4-15(19)20-10-16(14-5-3-8-26-22(14)28-20)17-12-27-21(24)18-11-25-9-7-13(17)18/h1-9,14-17,29H,10-13H2;2-7,9,11-16,21H,8,10,17H2,1H3;1-11H,(H2,25,28);1-12H,(H2,24,27)/t;21-;;/m.0../s1. The van der Waals surface area contributed by atoms with Gasteiger partial charge >= 0.3 is 0 Å². The number of anilines is 3. The molecule has 1 atom stereocenters. The second-order valence-corrected chi connectivity index (χ2v) is 30.1. The van der Waals surface area contributed by atoms with Crippen LogP contribution in [0, 0.1) is 29.1 Å². The quantitative estimate of drug-likeness (QED) is 0.0958. The van der Waals surface area contributed by atoms with Crippen molar-refractivity contribution in [1.29, 1.82) is 0 Å². The number of nitrogens with two attached hydrogens (primary N) is 2. The summed E-state index contributed by atoms with van der Waals surface area (Å²) in [5.74, 6) is 0.215. The molecule has 0 unspecified atom stereocenters. The molecule has 18 heterocycles. The van der Waals surface area contributed by atoms with E-state index >= 15 is 0 Å². The van der Waals surface area contributed by atoms with Crippen LogP contribution in [0.4, 0.5) is 39.4 Å². The van der Waals surface area contributed by atoms with Gasteiger partial charge in [-0.25, -0.2) is 81.8 Å². The number of rotatable bonds is 12. The van der Waals surface area contributed by atoms with Gasteiger partial charge in [0.1, 0.15) is 46.5 Å². The van der Waals surface area contributed by atoms with E-state index < -0.39 is 11.6 Å². The van der Waals surface area contributed by atoms with E-state index in [-0.39, 0.29) is 28.7 Å². The molecular formula is C98H72F5N23. The number of nitrogens with zero attached hydrogens (tertiary/aromatic N) is 20. The summed E-state index contributed by atoms with van der Waals surface area (Å²) in [7, 11) is 2.14. The number of nitrogens with one attached hydrogen (secondary N) is 1. The summed E-state index contributed by atoms with van der Waals surface area (Å²) in [6.07, 6.45) is 30.9. The lowest BCUT2D eigenvalue weighted by atomic mass is 9.97. The van der Waals surface area contributed by atoms with E-state index in [2.05, 4.69) is 119 Å². The molecule has 28 heteroatoms. The van der Waals surface area contributed by atoms with Crippen LogP contribution in [0.25, 0.3) is 178 Å². The second-order valence-electron chi connectivity index (χ2n) is 30.1. The fraction of sp³-hybridized carbons (Fsp3) is 0.0918. The first-order valence-corrected chi connectivity index (χ1v) is 40.4. The average Bonchev–Trinajstić information content (AvgIpc) is 0.843. The zero-order valence-electron chi connectivity index (χ0n) is 67.3. The smallest absolute Gasteiger partial charge is 0.163 e. The van der Waals surface area contributed by atoms with Gasteiger partial charge in [0.25, 0.3) is 0 Å². The molecule has 4 aromatic carbocycles. The number of benzene rings is 4. The summed E-state index contributed by atoms with van der Waals surface area (Å²) in [5, 5.41) is 14.6. The minimum absolute atomic E-state index is 0.0631. The predicted molar refractivity (Wildman–Crippen MR) is 481 cm³/mol. The number of halogens is 5. The zero-order chi connectivity index (χ0) is 85.7. The Labute approximate surface area is 716 Å². The third-order valence-corrected chi connectivity index (χ3v) is 22.1. The molecule has 0 spiro atoms. The number of piperazine rings is 1. The van der Waals surface area contributed by atoms with Gasteiger partial charge in [-0.1, -0.05) is 36.4 Å². The molecule has 16 aromatic heterocycles. The first-order valence-electron chi connectivity index (χ1n) is 40.4. The molecule has 126 heavy (non-hydrogen) atoms. The van der Waals surface area contributed by atoms with E-state index in [1.807, 2.05) is 110 Å². The van der Waals surface area contributed by atoms with Gasteiger partial charge in [-0.3, -0.25) is 24.6 Å². The third kappa shape index (κ3) is 16.4. The van der Waals surface area contributed by atoms with Crippen LogP contribution in [0.3, 0.4) is 0 Å². The fourth-order valence-corrected chi connectivity index (χ4v) is 15.9. The van der Waals surface area contributed by atoms with Crippen LogP contribution in [-0.4, -0.2) is 141 Å². The van der Waals surface area contributed by atoms with Crippen molar-refractivity contribution in [2.75, 3.05) is 62.7 Å². The lowest BCUT2D eigenvalue weighted by molar-refractivity contribution is 0.382. The molecule has 2 saturated heterocycles. The fourth-order valence-electron chi connectivity index (χ4n) is 15.9. The molecule has 0 saturated carbocycles. The molecule has 2 aliphatic heterocycles. The normalized spacial score (nSPS) is 13.3. The number of aromatic nitrogens is 18. The Morgan fingerprint density at radius 3 is 1.28 bits per heavy atom. The van der Waals surface area contributed by atoms with Crippen molar-refractivity contribution in [3.05, 3.63) is 329 Å². The second kappa shape index (κ2) is 35.1.